The van der Waals surface area contributed by atoms with E-state index in [1.165, 1.54) is 6.33 Å². The molecule has 9 heteroatoms. The molecule has 35 heavy (non-hydrogen) atoms. The molecule has 0 bridgehead atoms. The van der Waals surface area contributed by atoms with Crippen LogP contribution < -0.4 is 15.4 Å². The van der Waals surface area contributed by atoms with Gasteiger partial charge in [-0.15, -0.1) is 0 Å². The van der Waals surface area contributed by atoms with Gasteiger partial charge in [-0.05, 0) is 50.7 Å². The quantitative estimate of drug-likeness (QED) is 0.605. The topological polar surface area (TPSA) is 106 Å². The van der Waals surface area contributed by atoms with Crippen molar-refractivity contribution in [2.75, 3.05) is 13.7 Å². The van der Waals surface area contributed by atoms with Crippen molar-refractivity contribution < 1.29 is 19.1 Å². The molecule has 2 fully saturated rings. The number of carbonyl (C=O) groups excluding carboxylic acids is 3. The van der Waals surface area contributed by atoms with Crippen LogP contribution in [0.4, 0.5) is 0 Å². The van der Waals surface area contributed by atoms with E-state index in [1.54, 1.807) is 16.6 Å². The number of rotatable bonds is 8. The highest BCUT2D eigenvalue weighted by atomic mass is 16.5. The predicted molar refractivity (Wildman–Crippen MR) is 129 cm³/mol. The Balaban J connectivity index is 1.33. The maximum atomic E-state index is 13.7. The molecule has 1 aromatic heterocycles. The summed E-state index contributed by atoms with van der Waals surface area (Å²) in [6.07, 6.45) is 8.03. The molecule has 2 aliphatic carbocycles. The lowest BCUT2D eigenvalue weighted by Crippen LogP contribution is -2.65. The predicted octanol–water partition coefficient (Wildman–Crippen LogP) is 2.30. The number of aromatic nitrogens is 2. The lowest BCUT2D eigenvalue weighted by molar-refractivity contribution is -0.134. The molecule has 1 atom stereocenters. The van der Waals surface area contributed by atoms with Crippen molar-refractivity contribution in [3.8, 4) is 5.75 Å². The minimum Gasteiger partial charge on any atom is -0.496 e. The van der Waals surface area contributed by atoms with Crippen molar-refractivity contribution in [1.29, 1.82) is 0 Å². The molecule has 0 spiro atoms. The number of benzene rings is 1. The zero-order chi connectivity index (χ0) is 24.6. The molecule has 2 saturated carbocycles. The van der Waals surface area contributed by atoms with Crippen LogP contribution in [0.2, 0.25) is 0 Å². The van der Waals surface area contributed by atoms with Gasteiger partial charge in [-0.1, -0.05) is 31.0 Å². The first-order chi connectivity index (χ1) is 16.9. The molecule has 186 valence electrons. The first-order valence-electron chi connectivity index (χ1n) is 12.5. The summed E-state index contributed by atoms with van der Waals surface area (Å²) in [6, 6.07) is 7.86. The molecule has 9 nitrogen and oxygen atoms in total. The molecule has 0 saturated heterocycles. The average molecular weight is 480 g/mol. The summed E-state index contributed by atoms with van der Waals surface area (Å²) >= 11 is 0. The van der Waals surface area contributed by atoms with Crippen LogP contribution in [-0.4, -0.2) is 63.4 Å². The van der Waals surface area contributed by atoms with E-state index < -0.39 is 11.4 Å². The molecule has 5 rings (SSSR count). The third-order valence-corrected chi connectivity index (χ3v) is 7.45. The Kier molecular flexibility index (Phi) is 6.25. The highest BCUT2D eigenvalue weighted by Gasteiger charge is 2.54. The van der Waals surface area contributed by atoms with Gasteiger partial charge >= 0.3 is 0 Å². The number of amides is 3. The maximum absolute atomic E-state index is 13.7. The molecule has 2 heterocycles. The number of nitrogens with zero attached hydrogens (tertiary/aromatic N) is 3. The van der Waals surface area contributed by atoms with Crippen LogP contribution in [0.5, 0.6) is 5.75 Å². The van der Waals surface area contributed by atoms with E-state index in [1.807, 2.05) is 31.2 Å². The molecule has 2 aromatic rings. The molecular weight excluding hydrogens is 446 g/mol. The second kappa shape index (κ2) is 9.36. The van der Waals surface area contributed by atoms with Gasteiger partial charge in [-0.25, -0.2) is 4.98 Å². The van der Waals surface area contributed by atoms with Crippen molar-refractivity contribution in [2.45, 2.75) is 76.0 Å². The Labute approximate surface area is 205 Å². The number of carbonyl (C=O) groups is 3. The van der Waals surface area contributed by atoms with E-state index in [4.69, 9.17) is 4.74 Å². The Morgan fingerprint density at radius 2 is 1.91 bits per heavy atom. The second-order valence-corrected chi connectivity index (χ2v) is 10.0. The van der Waals surface area contributed by atoms with Crippen LogP contribution >= 0.6 is 0 Å². The molecular formula is C26H33N5O4. The van der Waals surface area contributed by atoms with Crippen LogP contribution in [0.1, 0.15) is 72.0 Å². The van der Waals surface area contributed by atoms with E-state index >= 15 is 0 Å². The minimum atomic E-state index is -1.01. The van der Waals surface area contributed by atoms with Gasteiger partial charge in [0.2, 0.25) is 5.91 Å². The fraction of sp³-hybridized carbons (Fsp3) is 0.538. The van der Waals surface area contributed by atoms with E-state index in [0.29, 0.717) is 13.0 Å². The Morgan fingerprint density at radius 3 is 2.63 bits per heavy atom. The van der Waals surface area contributed by atoms with Crippen molar-refractivity contribution in [3.05, 3.63) is 47.5 Å². The van der Waals surface area contributed by atoms with Crippen LogP contribution in [0.3, 0.4) is 0 Å². The summed E-state index contributed by atoms with van der Waals surface area (Å²) in [4.78, 5) is 46.1. The minimum absolute atomic E-state index is 0.0203. The molecule has 2 N–H and O–H groups in total. The van der Waals surface area contributed by atoms with Crippen molar-refractivity contribution >= 4 is 17.7 Å². The summed E-state index contributed by atoms with van der Waals surface area (Å²) in [5.41, 5.74) is 0.352. The number of hydrogen-bond acceptors (Lipinski definition) is 5. The summed E-state index contributed by atoms with van der Waals surface area (Å²) in [7, 11) is 1.62. The largest absolute Gasteiger partial charge is 0.496 e. The standard InChI is InChI=1S/C26H33N5O4/c1-26(25(34)29-18-8-4-5-9-18)15-30-16-28-21(22(30)24(33)31(26)19-11-12-19)23(32)27-14-13-17-7-3-6-10-20(17)35-2/h3,6-7,10,16,18-19H,4-5,8-9,11-15H2,1-2H3,(H,27,32)(H,29,34)/t26-/m0/s1. The van der Waals surface area contributed by atoms with Gasteiger partial charge in [-0.2, -0.15) is 0 Å². The summed E-state index contributed by atoms with van der Waals surface area (Å²) < 4.78 is 7.04. The van der Waals surface area contributed by atoms with Gasteiger partial charge < -0.3 is 24.8 Å². The number of nitrogens with one attached hydrogen (secondary N) is 2. The van der Waals surface area contributed by atoms with Crippen molar-refractivity contribution in [2.24, 2.45) is 0 Å². The second-order valence-electron chi connectivity index (χ2n) is 10.0. The smallest absolute Gasteiger partial charge is 0.274 e. The zero-order valence-corrected chi connectivity index (χ0v) is 20.4. The monoisotopic (exact) mass is 479 g/mol. The maximum Gasteiger partial charge on any atom is 0.274 e. The van der Waals surface area contributed by atoms with Crippen LogP contribution in [-0.2, 0) is 17.8 Å². The summed E-state index contributed by atoms with van der Waals surface area (Å²) in [6.45, 7) is 2.50. The Hall–Kier alpha value is -3.36. The number of para-hydroxylation sites is 1. The van der Waals surface area contributed by atoms with Gasteiger partial charge in [0.15, 0.2) is 5.69 Å². The zero-order valence-electron chi connectivity index (χ0n) is 20.4. The van der Waals surface area contributed by atoms with Crippen LogP contribution in [0.15, 0.2) is 30.6 Å². The highest BCUT2D eigenvalue weighted by molar-refractivity contribution is 6.07. The molecule has 3 amide bonds. The first-order valence-corrected chi connectivity index (χ1v) is 12.5. The van der Waals surface area contributed by atoms with Gasteiger partial charge in [0.1, 0.15) is 17.0 Å². The molecule has 3 aliphatic rings. The van der Waals surface area contributed by atoms with Crippen LogP contribution in [0.25, 0.3) is 0 Å². The van der Waals surface area contributed by atoms with Crippen molar-refractivity contribution in [3.63, 3.8) is 0 Å². The third-order valence-electron chi connectivity index (χ3n) is 7.45. The Morgan fingerprint density at radius 1 is 1.17 bits per heavy atom. The molecule has 0 unspecified atom stereocenters. The number of methoxy groups -OCH3 is 1. The lowest BCUT2D eigenvalue weighted by Gasteiger charge is -2.44. The third kappa shape index (κ3) is 4.39. The highest BCUT2D eigenvalue weighted by Crippen LogP contribution is 2.39. The van der Waals surface area contributed by atoms with Crippen molar-refractivity contribution in [1.82, 2.24) is 25.1 Å². The Bertz CT molecular complexity index is 1130. The summed E-state index contributed by atoms with van der Waals surface area (Å²) in [5.74, 6) is -0.0368. The fourth-order valence-corrected chi connectivity index (χ4v) is 5.44. The lowest BCUT2D eigenvalue weighted by atomic mass is 9.93. The van der Waals surface area contributed by atoms with Gasteiger partial charge in [-0.3, -0.25) is 14.4 Å². The number of hydrogen-bond donors (Lipinski definition) is 2. The number of ether oxygens (including phenoxy) is 1. The van der Waals surface area contributed by atoms with E-state index in [-0.39, 0.29) is 41.8 Å². The van der Waals surface area contributed by atoms with E-state index in [2.05, 4.69) is 15.6 Å². The molecule has 1 aromatic carbocycles. The fourth-order valence-electron chi connectivity index (χ4n) is 5.44. The average Bonchev–Trinajstić information content (AvgIpc) is 3.36. The van der Waals surface area contributed by atoms with Crippen LogP contribution in [0, 0.1) is 0 Å². The number of imidazole rings is 1. The van der Waals surface area contributed by atoms with Gasteiger partial charge in [0.25, 0.3) is 11.8 Å². The van der Waals surface area contributed by atoms with Gasteiger partial charge in [0, 0.05) is 18.6 Å². The SMILES string of the molecule is COc1ccccc1CCNC(=O)c1ncn2c1C(=O)N(C1CC1)[C@](C)(C(=O)NC1CCCC1)C2. The number of fused-ring (bicyclic) bond motifs is 1. The van der Waals surface area contributed by atoms with E-state index in [9.17, 15) is 14.4 Å². The van der Waals surface area contributed by atoms with E-state index in [0.717, 1.165) is 49.8 Å². The molecule has 0 radical (unpaired) electrons. The summed E-state index contributed by atoms with van der Waals surface area (Å²) in [5, 5.41) is 6.07. The normalized spacial score (nSPS) is 22.1. The van der Waals surface area contributed by atoms with Gasteiger partial charge in [0.05, 0.1) is 20.0 Å². The first kappa shape index (κ1) is 23.4. The molecule has 1 aliphatic heterocycles.